The topological polar surface area (TPSA) is 73.2 Å². The van der Waals surface area contributed by atoms with E-state index in [9.17, 15) is 9.59 Å². The van der Waals surface area contributed by atoms with Gasteiger partial charge in [0, 0.05) is 17.8 Å². The molecule has 0 atom stereocenters. The van der Waals surface area contributed by atoms with Crippen LogP contribution in [0.1, 0.15) is 32.6 Å². The maximum Gasteiger partial charge on any atom is 0.258 e. The van der Waals surface area contributed by atoms with E-state index in [4.69, 9.17) is 5.26 Å². The third-order valence-corrected chi connectivity index (χ3v) is 5.61. The number of nitrogens with zero attached hydrogens (tertiary/aromatic N) is 2. The van der Waals surface area contributed by atoms with Crippen LogP contribution in [0.5, 0.6) is 0 Å². The molecule has 0 saturated carbocycles. The molecule has 0 aliphatic heterocycles. The van der Waals surface area contributed by atoms with E-state index in [1.54, 1.807) is 29.2 Å². The van der Waals surface area contributed by atoms with E-state index in [-0.39, 0.29) is 18.2 Å². The van der Waals surface area contributed by atoms with Gasteiger partial charge in [0.2, 0.25) is 5.91 Å². The van der Waals surface area contributed by atoms with E-state index >= 15 is 0 Å². The quantitative estimate of drug-likeness (QED) is 0.390. The van der Waals surface area contributed by atoms with E-state index in [1.165, 1.54) is 0 Å². The molecule has 5 heteroatoms. The molecule has 0 radical (unpaired) electrons. The van der Waals surface area contributed by atoms with E-state index in [2.05, 4.69) is 11.4 Å². The first-order valence-electron chi connectivity index (χ1n) is 11.4. The van der Waals surface area contributed by atoms with Crippen LogP contribution < -0.4 is 10.2 Å². The number of carbonyl (C=O) groups is 2. The Morgan fingerprint density at radius 1 is 0.743 bits per heavy atom. The highest BCUT2D eigenvalue weighted by Gasteiger charge is 2.19. The van der Waals surface area contributed by atoms with Gasteiger partial charge in [0.05, 0.1) is 24.6 Å². The fraction of sp³-hybridized carbons (Fsp3) is 0.100. The van der Waals surface area contributed by atoms with E-state index < -0.39 is 0 Å². The molecule has 1 N–H and O–H groups in total. The number of nitriles is 1. The van der Waals surface area contributed by atoms with Gasteiger partial charge in [-0.25, -0.2) is 0 Å². The minimum absolute atomic E-state index is 0.0842. The summed E-state index contributed by atoms with van der Waals surface area (Å²) in [5, 5.41) is 12.0. The van der Waals surface area contributed by atoms with Crippen molar-refractivity contribution in [1.29, 1.82) is 5.26 Å². The van der Waals surface area contributed by atoms with Crippen LogP contribution in [0.4, 0.5) is 5.69 Å². The highest BCUT2D eigenvalue weighted by molar-refractivity contribution is 6.06. The summed E-state index contributed by atoms with van der Waals surface area (Å²) >= 11 is 0. The molecule has 2 amide bonds. The maximum atomic E-state index is 13.5. The maximum absolute atomic E-state index is 13.5. The molecule has 0 aliphatic carbocycles. The van der Waals surface area contributed by atoms with Gasteiger partial charge in [-0.2, -0.15) is 5.26 Å². The zero-order valence-electron chi connectivity index (χ0n) is 19.2. The monoisotopic (exact) mass is 459 g/mol. The number of anilines is 1. The van der Waals surface area contributed by atoms with Crippen molar-refractivity contribution in [1.82, 2.24) is 5.32 Å². The normalized spacial score (nSPS) is 10.3. The van der Waals surface area contributed by atoms with Gasteiger partial charge >= 0.3 is 0 Å². The highest BCUT2D eigenvalue weighted by atomic mass is 16.2. The lowest BCUT2D eigenvalue weighted by Gasteiger charge is -2.24. The number of benzene rings is 4. The van der Waals surface area contributed by atoms with Gasteiger partial charge in [-0.1, -0.05) is 72.8 Å². The number of carbonyl (C=O) groups excluding carboxylic acids is 2. The third kappa shape index (κ3) is 6.43. The SMILES string of the molecule is N#Cc1ccc(C(=O)N(Cc2ccccc2)c2cccc(CC(=O)NCc3ccccc3)c2)cc1. The zero-order valence-corrected chi connectivity index (χ0v) is 19.2. The molecule has 5 nitrogen and oxygen atoms in total. The van der Waals surface area contributed by atoms with Crippen LogP contribution in [0.15, 0.2) is 109 Å². The average molecular weight is 460 g/mol. The van der Waals surface area contributed by atoms with Gasteiger partial charge in [-0.05, 0) is 53.1 Å². The van der Waals surface area contributed by atoms with Crippen molar-refractivity contribution in [3.63, 3.8) is 0 Å². The van der Waals surface area contributed by atoms with Gasteiger partial charge < -0.3 is 10.2 Å². The van der Waals surface area contributed by atoms with Gasteiger partial charge in [0.1, 0.15) is 0 Å². The van der Waals surface area contributed by atoms with Gasteiger partial charge in [0.25, 0.3) is 5.91 Å². The summed E-state index contributed by atoms with van der Waals surface area (Å²) in [6.07, 6.45) is 0.213. The molecular formula is C30H25N3O2. The molecule has 0 saturated heterocycles. The minimum Gasteiger partial charge on any atom is -0.352 e. The lowest BCUT2D eigenvalue weighted by molar-refractivity contribution is -0.120. The summed E-state index contributed by atoms with van der Waals surface area (Å²) in [7, 11) is 0. The summed E-state index contributed by atoms with van der Waals surface area (Å²) in [6.45, 7) is 0.847. The van der Waals surface area contributed by atoms with Crippen LogP contribution in [0.3, 0.4) is 0 Å². The molecule has 4 aromatic carbocycles. The molecule has 0 heterocycles. The Labute approximate surface area is 205 Å². The highest BCUT2D eigenvalue weighted by Crippen LogP contribution is 2.22. The summed E-state index contributed by atoms with van der Waals surface area (Å²) in [4.78, 5) is 27.8. The largest absolute Gasteiger partial charge is 0.352 e. The molecule has 4 aromatic rings. The first-order chi connectivity index (χ1) is 17.1. The van der Waals surface area contributed by atoms with Crippen molar-refractivity contribution in [3.8, 4) is 6.07 Å². The summed E-state index contributed by atoms with van der Waals surface area (Å²) < 4.78 is 0. The second-order valence-electron chi connectivity index (χ2n) is 8.18. The van der Waals surface area contributed by atoms with Gasteiger partial charge in [-0.3, -0.25) is 9.59 Å². The van der Waals surface area contributed by atoms with Crippen molar-refractivity contribution < 1.29 is 9.59 Å². The van der Waals surface area contributed by atoms with Crippen molar-refractivity contribution in [2.45, 2.75) is 19.5 Å². The van der Waals surface area contributed by atoms with Crippen LogP contribution in [0, 0.1) is 11.3 Å². The van der Waals surface area contributed by atoms with Crippen molar-refractivity contribution >= 4 is 17.5 Å². The molecule has 0 bridgehead atoms. The van der Waals surface area contributed by atoms with Gasteiger partial charge in [-0.15, -0.1) is 0 Å². The second-order valence-corrected chi connectivity index (χ2v) is 8.18. The Kier molecular flexibility index (Phi) is 7.67. The van der Waals surface area contributed by atoms with Crippen molar-refractivity contribution in [3.05, 3.63) is 137 Å². The molecule has 4 rings (SSSR count). The van der Waals surface area contributed by atoms with Crippen LogP contribution in [-0.2, 0) is 24.3 Å². The Bertz CT molecular complexity index is 1330. The molecule has 35 heavy (non-hydrogen) atoms. The molecule has 172 valence electrons. The van der Waals surface area contributed by atoms with Crippen LogP contribution >= 0.6 is 0 Å². The fourth-order valence-electron chi connectivity index (χ4n) is 3.77. The molecular weight excluding hydrogens is 434 g/mol. The van der Waals surface area contributed by atoms with Gasteiger partial charge in [0.15, 0.2) is 0 Å². The molecule has 0 aromatic heterocycles. The Morgan fingerprint density at radius 3 is 2.03 bits per heavy atom. The summed E-state index contributed by atoms with van der Waals surface area (Å²) in [6, 6.07) is 35.7. The minimum atomic E-state index is -0.177. The number of hydrogen-bond acceptors (Lipinski definition) is 3. The summed E-state index contributed by atoms with van der Waals surface area (Å²) in [5.41, 5.74) is 4.54. The third-order valence-electron chi connectivity index (χ3n) is 5.61. The number of nitrogens with one attached hydrogen (secondary N) is 1. The average Bonchev–Trinajstić information content (AvgIpc) is 2.91. The second kappa shape index (κ2) is 11.4. The molecule has 0 unspecified atom stereocenters. The van der Waals surface area contributed by atoms with Crippen molar-refractivity contribution in [2.24, 2.45) is 0 Å². The lowest BCUT2D eigenvalue weighted by Crippen LogP contribution is -2.30. The van der Waals surface area contributed by atoms with Crippen LogP contribution in [0.2, 0.25) is 0 Å². The molecule has 0 spiro atoms. The lowest BCUT2D eigenvalue weighted by atomic mass is 10.1. The predicted molar refractivity (Wildman–Crippen MR) is 137 cm³/mol. The first-order valence-corrected chi connectivity index (χ1v) is 11.4. The predicted octanol–water partition coefficient (Wildman–Crippen LogP) is 5.26. The number of rotatable bonds is 8. The van der Waals surface area contributed by atoms with E-state index in [0.29, 0.717) is 29.9 Å². The summed E-state index contributed by atoms with van der Waals surface area (Å²) in [5.74, 6) is -0.261. The fourth-order valence-corrected chi connectivity index (χ4v) is 3.77. The van der Waals surface area contributed by atoms with Crippen LogP contribution in [0.25, 0.3) is 0 Å². The first kappa shape index (κ1) is 23.5. The standard InChI is InChI=1S/C30H25N3O2/c31-20-23-14-16-27(17-15-23)30(35)33(22-25-10-5-2-6-11-25)28-13-7-12-26(18-28)19-29(34)32-21-24-8-3-1-4-9-24/h1-18H,19,21-22H2,(H,32,34). The number of hydrogen-bond donors (Lipinski definition) is 1. The van der Waals surface area contributed by atoms with Crippen molar-refractivity contribution in [2.75, 3.05) is 4.90 Å². The Balaban J connectivity index is 1.54. The van der Waals surface area contributed by atoms with E-state index in [1.807, 2.05) is 84.9 Å². The van der Waals surface area contributed by atoms with E-state index in [0.717, 1.165) is 16.7 Å². The Hall–Kier alpha value is -4.69. The molecule has 0 aliphatic rings. The zero-order chi connectivity index (χ0) is 24.5. The smallest absolute Gasteiger partial charge is 0.258 e. The number of amides is 2. The van der Waals surface area contributed by atoms with Crippen LogP contribution in [-0.4, -0.2) is 11.8 Å². The molecule has 0 fully saturated rings. The Morgan fingerprint density at radius 2 is 1.37 bits per heavy atom.